The Kier molecular flexibility index (Phi) is 6.41. The first-order chi connectivity index (χ1) is 14.6. The van der Waals surface area contributed by atoms with Gasteiger partial charge >= 0.3 is 0 Å². The number of pyridine rings is 1. The number of piperidine rings is 1. The van der Waals surface area contributed by atoms with E-state index in [1.54, 1.807) is 6.20 Å². The van der Waals surface area contributed by atoms with Crippen molar-refractivity contribution < 1.29 is 9.90 Å². The summed E-state index contributed by atoms with van der Waals surface area (Å²) in [6.45, 7) is 4.37. The van der Waals surface area contributed by atoms with Crippen LogP contribution in [0.5, 0.6) is 0 Å². The molecule has 2 N–H and O–H groups in total. The molecule has 156 valence electrons. The Hall–Kier alpha value is -2.76. The number of nitrogens with one attached hydrogen (secondary N) is 1. The summed E-state index contributed by atoms with van der Waals surface area (Å²) < 4.78 is 0. The van der Waals surface area contributed by atoms with Gasteiger partial charge in [-0.2, -0.15) is 0 Å². The first kappa shape index (κ1) is 20.5. The molecule has 1 fully saturated rings. The second-order valence-corrected chi connectivity index (χ2v) is 8.22. The van der Waals surface area contributed by atoms with Crippen LogP contribution in [0.4, 0.5) is 5.69 Å². The number of aliphatic hydroxyl groups is 1. The zero-order chi connectivity index (χ0) is 20.9. The van der Waals surface area contributed by atoms with Gasteiger partial charge < -0.3 is 10.4 Å². The molecule has 1 aromatic heterocycles. The van der Waals surface area contributed by atoms with Gasteiger partial charge in [-0.3, -0.25) is 14.7 Å². The molecule has 0 aliphatic carbocycles. The molecule has 0 amide bonds. The lowest BCUT2D eigenvalue weighted by molar-refractivity contribution is -0.119. The largest absolute Gasteiger partial charge is 0.392 e. The maximum atomic E-state index is 12.7. The quantitative estimate of drug-likeness (QED) is 0.629. The molecule has 30 heavy (non-hydrogen) atoms. The van der Waals surface area contributed by atoms with E-state index in [1.165, 1.54) is 0 Å². The molecule has 0 spiro atoms. The van der Waals surface area contributed by atoms with E-state index in [2.05, 4.69) is 27.3 Å². The Morgan fingerprint density at radius 2 is 1.93 bits per heavy atom. The highest BCUT2D eigenvalue weighted by Crippen LogP contribution is 2.22. The van der Waals surface area contributed by atoms with Crippen LogP contribution in [-0.2, 0) is 17.8 Å². The molecule has 1 saturated heterocycles. The predicted molar refractivity (Wildman–Crippen MR) is 121 cm³/mol. The summed E-state index contributed by atoms with van der Waals surface area (Å²) in [5.74, 6) is 0.237. The fourth-order valence-electron chi connectivity index (χ4n) is 4.28. The summed E-state index contributed by atoms with van der Waals surface area (Å²) in [5.41, 5.74) is 5.04. The Labute approximate surface area is 177 Å². The van der Waals surface area contributed by atoms with Crippen molar-refractivity contribution in [2.45, 2.75) is 38.8 Å². The van der Waals surface area contributed by atoms with Crippen molar-refractivity contribution in [1.82, 2.24) is 9.88 Å². The van der Waals surface area contributed by atoms with Gasteiger partial charge in [0.05, 0.1) is 18.7 Å². The number of nitrogens with zero attached hydrogens (tertiary/aromatic N) is 2. The molecule has 4 rings (SSSR count). The molecule has 1 aliphatic rings. The second kappa shape index (κ2) is 9.37. The normalized spacial score (nSPS) is 15.4. The molecule has 0 radical (unpaired) electrons. The number of carbonyl (C=O) groups excluding carboxylic acids is 1. The minimum atomic E-state index is 0.0420. The monoisotopic (exact) mass is 403 g/mol. The average molecular weight is 404 g/mol. The van der Waals surface area contributed by atoms with Gasteiger partial charge in [0, 0.05) is 48.4 Å². The first-order valence-corrected chi connectivity index (χ1v) is 10.7. The molecule has 0 saturated carbocycles. The van der Waals surface area contributed by atoms with Crippen molar-refractivity contribution in [3.8, 4) is 0 Å². The summed E-state index contributed by atoms with van der Waals surface area (Å²) in [5, 5.41) is 14.3. The third-order valence-corrected chi connectivity index (χ3v) is 5.88. The minimum absolute atomic E-state index is 0.0420. The molecule has 0 unspecified atom stereocenters. The Bertz CT molecular complexity index is 1020. The second-order valence-electron chi connectivity index (χ2n) is 8.22. The number of para-hydroxylation sites is 1. The van der Waals surface area contributed by atoms with Crippen molar-refractivity contribution in [2.75, 3.05) is 25.0 Å². The smallest absolute Gasteiger partial charge is 0.151 e. The molecule has 0 bridgehead atoms. The van der Waals surface area contributed by atoms with Crippen LogP contribution in [0.1, 0.15) is 29.5 Å². The van der Waals surface area contributed by atoms with Gasteiger partial charge in [-0.25, -0.2) is 0 Å². The number of likely N-dealkylation sites (tertiary alicyclic amines) is 1. The molecule has 3 aromatic rings. The van der Waals surface area contributed by atoms with Gasteiger partial charge in [-0.15, -0.1) is 0 Å². The fraction of sp³-hybridized carbons (Fsp3) is 0.360. The van der Waals surface area contributed by atoms with Gasteiger partial charge in [-0.05, 0) is 37.5 Å². The van der Waals surface area contributed by atoms with Gasteiger partial charge in [0.2, 0.25) is 0 Å². The van der Waals surface area contributed by atoms with Crippen molar-refractivity contribution in [1.29, 1.82) is 0 Å². The Morgan fingerprint density at radius 1 is 1.13 bits per heavy atom. The van der Waals surface area contributed by atoms with Gasteiger partial charge in [-0.1, -0.05) is 42.0 Å². The lowest BCUT2D eigenvalue weighted by Crippen LogP contribution is -2.41. The summed E-state index contributed by atoms with van der Waals surface area (Å²) in [6, 6.07) is 16.5. The zero-order valence-electron chi connectivity index (χ0n) is 17.5. The highest BCUT2D eigenvalue weighted by Gasteiger charge is 2.21. The van der Waals surface area contributed by atoms with E-state index in [-0.39, 0.29) is 12.4 Å². The van der Waals surface area contributed by atoms with Crippen molar-refractivity contribution in [3.63, 3.8) is 0 Å². The van der Waals surface area contributed by atoms with Crippen molar-refractivity contribution in [3.05, 3.63) is 71.4 Å². The molecule has 2 aromatic carbocycles. The number of benzene rings is 2. The number of fused-ring (bicyclic) bond motifs is 1. The number of Topliss-reactive ketones (excluding diaryl/α,β-unsaturated/α-hetero) is 1. The van der Waals surface area contributed by atoms with E-state index in [0.29, 0.717) is 19.0 Å². The Balaban J connectivity index is 1.30. The van der Waals surface area contributed by atoms with Crippen LogP contribution in [0.2, 0.25) is 0 Å². The van der Waals surface area contributed by atoms with Crippen molar-refractivity contribution in [2.24, 2.45) is 0 Å². The van der Waals surface area contributed by atoms with Crippen LogP contribution < -0.4 is 5.32 Å². The highest BCUT2D eigenvalue weighted by atomic mass is 16.3. The predicted octanol–water partition coefficient (Wildman–Crippen LogP) is 3.72. The summed E-state index contributed by atoms with van der Waals surface area (Å²) >= 11 is 0. The van der Waals surface area contributed by atoms with Crippen LogP contribution in [-0.4, -0.2) is 46.4 Å². The zero-order valence-corrected chi connectivity index (χ0v) is 17.5. The lowest BCUT2D eigenvalue weighted by atomic mass is 10.0. The van der Waals surface area contributed by atoms with Crippen LogP contribution in [0.15, 0.2) is 54.7 Å². The maximum absolute atomic E-state index is 12.7. The van der Waals surface area contributed by atoms with E-state index >= 15 is 0 Å². The van der Waals surface area contributed by atoms with E-state index in [9.17, 15) is 9.90 Å². The topological polar surface area (TPSA) is 65.5 Å². The first-order valence-electron chi connectivity index (χ1n) is 10.7. The molecule has 5 heteroatoms. The third-order valence-electron chi connectivity index (χ3n) is 5.88. The standard InChI is InChI=1S/C25H29N3O2/c1-18-7-8-24(21(14-18)17-29)27-22-9-12-28(13-10-22)16-23(30)15-20-5-2-4-19-6-3-11-26-25(19)20/h2-8,11,14,22,27,29H,9-10,12-13,15-17H2,1H3. The number of aromatic nitrogens is 1. The van der Waals surface area contributed by atoms with E-state index in [4.69, 9.17) is 0 Å². The average Bonchev–Trinajstić information content (AvgIpc) is 2.76. The summed E-state index contributed by atoms with van der Waals surface area (Å²) in [7, 11) is 0. The number of aliphatic hydroxyl groups excluding tert-OH is 1. The third kappa shape index (κ3) is 4.86. The maximum Gasteiger partial charge on any atom is 0.151 e. The number of ketones is 1. The number of rotatable bonds is 7. The van der Waals surface area contributed by atoms with E-state index in [1.807, 2.05) is 43.3 Å². The van der Waals surface area contributed by atoms with Crippen LogP contribution >= 0.6 is 0 Å². The molecule has 5 nitrogen and oxygen atoms in total. The number of anilines is 1. The van der Waals surface area contributed by atoms with Gasteiger partial charge in [0.1, 0.15) is 0 Å². The highest BCUT2D eigenvalue weighted by molar-refractivity contribution is 5.89. The summed E-state index contributed by atoms with van der Waals surface area (Å²) in [4.78, 5) is 19.4. The molecular weight excluding hydrogens is 374 g/mol. The lowest BCUT2D eigenvalue weighted by Gasteiger charge is -2.32. The molecule has 1 aliphatic heterocycles. The van der Waals surface area contributed by atoms with E-state index < -0.39 is 0 Å². The number of hydrogen-bond donors (Lipinski definition) is 2. The number of carbonyl (C=O) groups is 1. The van der Waals surface area contributed by atoms with Gasteiger partial charge in [0.15, 0.2) is 5.78 Å². The number of hydrogen-bond acceptors (Lipinski definition) is 5. The fourth-order valence-corrected chi connectivity index (χ4v) is 4.28. The molecular formula is C25H29N3O2. The molecule has 0 atom stereocenters. The van der Waals surface area contributed by atoms with Crippen LogP contribution in [0.3, 0.4) is 0 Å². The summed E-state index contributed by atoms with van der Waals surface area (Å²) in [6.07, 6.45) is 4.18. The Morgan fingerprint density at radius 3 is 2.73 bits per heavy atom. The van der Waals surface area contributed by atoms with Crippen LogP contribution in [0.25, 0.3) is 10.9 Å². The SMILES string of the molecule is Cc1ccc(NC2CCN(CC(=O)Cc3cccc4cccnc34)CC2)c(CO)c1. The van der Waals surface area contributed by atoms with Crippen molar-refractivity contribution >= 4 is 22.4 Å². The van der Waals surface area contributed by atoms with Gasteiger partial charge in [0.25, 0.3) is 0 Å². The minimum Gasteiger partial charge on any atom is -0.392 e. The molecule has 2 heterocycles. The van der Waals surface area contributed by atoms with E-state index in [0.717, 1.165) is 59.2 Å². The van der Waals surface area contributed by atoms with Crippen LogP contribution in [0, 0.1) is 6.92 Å². The number of aryl methyl sites for hydroxylation is 1.